The average molecular weight is 335 g/mol. The van der Waals surface area contributed by atoms with E-state index in [1.807, 2.05) is 18.3 Å². The number of hydrogen-bond acceptors (Lipinski definition) is 2. The molecule has 1 fully saturated rings. The van der Waals surface area contributed by atoms with Crippen LogP contribution in [0, 0.1) is 5.82 Å². The van der Waals surface area contributed by atoms with Gasteiger partial charge < -0.3 is 0 Å². The molecule has 0 radical (unpaired) electrons. The summed E-state index contributed by atoms with van der Waals surface area (Å²) in [6, 6.07) is 19.8. The van der Waals surface area contributed by atoms with Crippen LogP contribution in [0.4, 0.5) is 4.39 Å². The molecule has 2 heterocycles. The Bertz CT molecular complexity index is 828. The second-order valence-electron chi connectivity index (χ2n) is 6.69. The van der Waals surface area contributed by atoms with Gasteiger partial charge in [0.2, 0.25) is 0 Å². The molecule has 0 bridgehead atoms. The number of halogens is 1. The zero-order chi connectivity index (χ0) is 17.1. The number of likely N-dealkylation sites (tertiary alicyclic amines) is 1. The molecule has 0 spiro atoms. The second kappa shape index (κ2) is 7.19. The smallest absolute Gasteiger partial charge is 0.125 e. The number of hydrogen-bond donors (Lipinski definition) is 0. The normalized spacial score (nSPS) is 17.9. The average Bonchev–Trinajstić information content (AvgIpc) is 3.26. The predicted molar refractivity (Wildman–Crippen MR) is 97.1 cm³/mol. The Morgan fingerprint density at radius 1 is 1.04 bits per heavy atom. The number of nitrogens with zero attached hydrogens (tertiary/aromatic N) is 3. The van der Waals surface area contributed by atoms with Gasteiger partial charge in [0.15, 0.2) is 0 Å². The van der Waals surface area contributed by atoms with Crippen LogP contribution in [0.1, 0.15) is 24.1 Å². The van der Waals surface area contributed by atoms with Gasteiger partial charge in [-0.05, 0) is 55.6 Å². The van der Waals surface area contributed by atoms with Crippen molar-refractivity contribution in [3.05, 3.63) is 83.9 Å². The Morgan fingerprint density at radius 3 is 2.76 bits per heavy atom. The maximum absolute atomic E-state index is 13.4. The molecule has 0 N–H and O–H groups in total. The maximum atomic E-state index is 13.4. The van der Waals surface area contributed by atoms with Crippen LogP contribution in [0.5, 0.6) is 0 Å². The minimum Gasteiger partial charge on any atom is -0.294 e. The van der Waals surface area contributed by atoms with Crippen molar-refractivity contribution in [2.24, 2.45) is 0 Å². The van der Waals surface area contributed by atoms with E-state index in [4.69, 9.17) is 0 Å². The van der Waals surface area contributed by atoms with E-state index in [9.17, 15) is 4.39 Å². The first kappa shape index (κ1) is 16.0. The molecule has 1 aliphatic rings. The standard InChI is InChI=1S/C21H22FN3/c22-18-8-4-9-21(15-18)25-13-11-19(23-25)16-24-12-5-10-20(24)14-17-6-2-1-3-7-17/h1-4,6-9,11,13,15,20H,5,10,12,14,16H2. The van der Waals surface area contributed by atoms with Crippen LogP contribution < -0.4 is 0 Å². The minimum atomic E-state index is -0.239. The Hall–Kier alpha value is -2.46. The predicted octanol–water partition coefficient (Wildman–Crippen LogP) is 4.22. The van der Waals surface area contributed by atoms with E-state index in [-0.39, 0.29) is 5.82 Å². The fourth-order valence-electron chi connectivity index (χ4n) is 3.64. The SMILES string of the molecule is Fc1cccc(-n2ccc(CN3CCCC3Cc3ccccc3)n2)c1. The van der Waals surface area contributed by atoms with E-state index < -0.39 is 0 Å². The van der Waals surface area contributed by atoms with Gasteiger partial charge in [-0.25, -0.2) is 9.07 Å². The molecule has 25 heavy (non-hydrogen) atoms. The van der Waals surface area contributed by atoms with Crippen molar-refractivity contribution in [3.63, 3.8) is 0 Å². The van der Waals surface area contributed by atoms with E-state index >= 15 is 0 Å². The zero-order valence-electron chi connectivity index (χ0n) is 14.2. The van der Waals surface area contributed by atoms with Crippen molar-refractivity contribution >= 4 is 0 Å². The molecular weight excluding hydrogens is 313 g/mol. The van der Waals surface area contributed by atoms with E-state index in [1.54, 1.807) is 10.7 Å². The fraction of sp³-hybridized carbons (Fsp3) is 0.286. The summed E-state index contributed by atoms with van der Waals surface area (Å²) in [5.41, 5.74) is 3.18. The summed E-state index contributed by atoms with van der Waals surface area (Å²) in [6.45, 7) is 1.96. The van der Waals surface area contributed by atoms with E-state index in [0.29, 0.717) is 6.04 Å². The maximum Gasteiger partial charge on any atom is 0.125 e. The van der Waals surface area contributed by atoms with Crippen molar-refractivity contribution in [2.45, 2.75) is 31.8 Å². The van der Waals surface area contributed by atoms with Crippen LogP contribution in [0.15, 0.2) is 66.9 Å². The van der Waals surface area contributed by atoms with Crippen LogP contribution in [0.3, 0.4) is 0 Å². The molecule has 1 saturated heterocycles. The second-order valence-corrected chi connectivity index (χ2v) is 6.69. The highest BCUT2D eigenvalue weighted by Gasteiger charge is 2.25. The first-order valence-electron chi connectivity index (χ1n) is 8.86. The highest BCUT2D eigenvalue weighted by atomic mass is 19.1. The molecule has 2 aromatic carbocycles. The Kier molecular flexibility index (Phi) is 4.61. The third-order valence-electron chi connectivity index (χ3n) is 4.90. The first-order chi connectivity index (χ1) is 12.3. The lowest BCUT2D eigenvalue weighted by Crippen LogP contribution is -2.30. The van der Waals surface area contributed by atoms with Crippen LogP contribution in [0.25, 0.3) is 5.69 Å². The third kappa shape index (κ3) is 3.80. The van der Waals surface area contributed by atoms with Crippen LogP contribution in [0.2, 0.25) is 0 Å². The molecule has 0 aliphatic carbocycles. The van der Waals surface area contributed by atoms with Gasteiger partial charge in [-0.3, -0.25) is 4.90 Å². The van der Waals surface area contributed by atoms with E-state index in [2.05, 4.69) is 40.3 Å². The monoisotopic (exact) mass is 335 g/mol. The summed E-state index contributed by atoms with van der Waals surface area (Å²) in [6.07, 6.45) is 5.47. The van der Waals surface area contributed by atoms with Gasteiger partial charge in [0.05, 0.1) is 11.4 Å². The largest absolute Gasteiger partial charge is 0.294 e. The molecule has 3 nitrogen and oxygen atoms in total. The van der Waals surface area contributed by atoms with Gasteiger partial charge in [0, 0.05) is 18.8 Å². The lowest BCUT2D eigenvalue weighted by molar-refractivity contribution is 0.241. The molecule has 0 amide bonds. The summed E-state index contributed by atoms with van der Waals surface area (Å²) < 4.78 is 15.1. The molecule has 1 atom stereocenters. The molecule has 1 aromatic heterocycles. The zero-order valence-corrected chi connectivity index (χ0v) is 14.2. The lowest BCUT2D eigenvalue weighted by Gasteiger charge is -2.23. The summed E-state index contributed by atoms with van der Waals surface area (Å²) in [5, 5.41) is 4.63. The molecule has 0 saturated carbocycles. The van der Waals surface area contributed by atoms with Gasteiger partial charge in [-0.2, -0.15) is 5.10 Å². The van der Waals surface area contributed by atoms with E-state index in [1.165, 1.54) is 30.5 Å². The summed E-state index contributed by atoms with van der Waals surface area (Å²) >= 11 is 0. The van der Waals surface area contributed by atoms with E-state index in [0.717, 1.165) is 30.9 Å². The topological polar surface area (TPSA) is 21.1 Å². The first-order valence-corrected chi connectivity index (χ1v) is 8.86. The Balaban J connectivity index is 1.45. The van der Waals surface area contributed by atoms with Crippen LogP contribution >= 0.6 is 0 Å². The molecule has 4 heteroatoms. The van der Waals surface area contributed by atoms with Crippen molar-refractivity contribution < 1.29 is 4.39 Å². The molecule has 1 unspecified atom stereocenters. The third-order valence-corrected chi connectivity index (χ3v) is 4.90. The Morgan fingerprint density at radius 2 is 1.92 bits per heavy atom. The summed E-state index contributed by atoms with van der Waals surface area (Å²) in [5.74, 6) is -0.239. The van der Waals surface area contributed by atoms with Gasteiger partial charge >= 0.3 is 0 Å². The summed E-state index contributed by atoms with van der Waals surface area (Å²) in [4.78, 5) is 2.52. The highest BCUT2D eigenvalue weighted by molar-refractivity contribution is 5.31. The van der Waals surface area contributed by atoms with Crippen LogP contribution in [-0.2, 0) is 13.0 Å². The highest BCUT2D eigenvalue weighted by Crippen LogP contribution is 2.23. The molecule has 3 aromatic rings. The molecule has 4 rings (SSSR count). The minimum absolute atomic E-state index is 0.239. The summed E-state index contributed by atoms with van der Waals surface area (Å²) in [7, 11) is 0. The molecular formula is C21H22FN3. The van der Waals surface area contributed by atoms with Crippen molar-refractivity contribution in [3.8, 4) is 5.69 Å². The number of rotatable bonds is 5. The van der Waals surface area contributed by atoms with Gasteiger partial charge in [-0.15, -0.1) is 0 Å². The number of aromatic nitrogens is 2. The van der Waals surface area contributed by atoms with Crippen LogP contribution in [-0.4, -0.2) is 27.3 Å². The van der Waals surface area contributed by atoms with Gasteiger partial charge in [-0.1, -0.05) is 36.4 Å². The fourth-order valence-corrected chi connectivity index (χ4v) is 3.64. The van der Waals surface area contributed by atoms with Gasteiger partial charge in [0.1, 0.15) is 5.82 Å². The lowest BCUT2D eigenvalue weighted by atomic mass is 10.0. The van der Waals surface area contributed by atoms with Crippen molar-refractivity contribution in [1.29, 1.82) is 0 Å². The Labute approximate surface area is 147 Å². The van der Waals surface area contributed by atoms with Gasteiger partial charge in [0.25, 0.3) is 0 Å². The van der Waals surface area contributed by atoms with Crippen molar-refractivity contribution in [2.75, 3.05) is 6.54 Å². The molecule has 128 valence electrons. The van der Waals surface area contributed by atoms with Crippen molar-refractivity contribution in [1.82, 2.24) is 14.7 Å². The number of benzene rings is 2. The quantitative estimate of drug-likeness (QED) is 0.696. The molecule has 1 aliphatic heterocycles.